The van der Waals surface area contributed by atoms with Crippen LogP contribution in [0, 0.1) is 5.92 Å². The number of hydrogen-bond acceptors (Lipinski definition) is 5. The Labute approximate surface area is 211 Å². The molecule has 2 heterocycles. The van der Waals surface area contributed by atoms with Gasteiger partial charge in [-0.3, -0.25) is 14.6 Å². The number of ketones is 2. The smallest absolute Gasteiger partial charge is 0.231 e. The van der Waals surface area contributed by atoms with Gasteiger partial charge in [-0.2, -0.15) is 0 Å². The van der Waals surface area contributed by atoms with Crippen molar-refractivity contribution < 1.29 is 19.1 Å². The van der Waals surface area contributed by atoms with Gasteiger partial charge in [-0.05, 0) is 59.0 Å². The maximum Gasteiger partial charge on any atom is 0.231 e. The molecule has 0 bridgehead atoms. The molecule has 1 aromatic heterocycles. The number of pyridine rings is 1. The van der Waals surface area contributed by atoms with E-state index in [9.17, 15) is 9.59 Å². The number of benzene rings is 3. The second-order valence-electron chi connectivity index (χ2n) is 9.38. The summed E-state index contributed by atoms with van der Waals surface area (Å²) in [7, 11) is 0. The van der Waals surface area contributed by atoms with Crippen molar-refractivity contribution in [3.63, 3.8) is 0 Å². The van der Waals surface area contributed by atoms with Gasteiger partial charge >= 0.3 is 0 Å². The molecular weight excluding hydrogens is 450 g/mol. The van der Waals surface area contributed by atoms with Crippen LogP contribution in [-0.4, -0.2) is 23.3 Å². The van der Waals surface area contributed by atoms with Gasteiger partial charge in [0.1, 0.15) is 5.78 Å². The molecule has 2 aliphatic rings. The number of Topliss-reactive ketones (excluding diaryl/α,β-unsaturated/α-hetero) is 2. The summed E-state index contributed by atoms with van der Waals surface area (Å²) in [6.07, 6.45) is 6.04. The summed E-state index contributed by atoms with van der Waals surface area (Å²) in [5, 5.41) is 2.19. The molecular formula is C31H29NO4. The van der Waals surface area contributed by atoms with E-state index in [-0.39, 0.29) is 37.6 Å². The fourth-order valence-electron chi connectivity index (χ4n) is 4.91. The van der Waals surface area contributed by atoms with Crippen molar-refractivity contribution in [3.05, 3.63) is 101 Å². The van der Waals surface area contributed by atoms with Gasteiger partial charge < -0.3 is 9.47 Å². The summed E-state index contributed by atoms with van der Waals surface area (Å²) in [5.41, 5.74) is 3.95. The molecule has 5 heteroatoms. The van der Waals surface area contributed by atoms with Gasteiger partial charge in [0.25, 0.3) is 0 Å². The largest absolute Gasteiger partial charge is 0.454 e. The van der Waals surface area contributed by atoms with Crippen LogP contribution in [0.5, 0.6) is 11.5 Å². The number of aromatic nitrogens is 1. The van der Waals surface area contributed by atoms with Crippen LogP contribution in [0.4, 0.5) is 0 Å². The Kier molecular flexibility index (Phi) is 6.55. The van der Waals surface area contributed by atoms with E-state index in [1.54, 1.807) is 6.20 Å². The van der Waals surface area contributed by atoms with Crippen LogP contribution in [0.1, 0.15) is 53.2 Å². The Morgan fingerprint density at radius 1 is 0.861 bits per heavy atom. The van der Waals surface area contributed by atoms with Gasteiger partial charge in [-0.25, -0.2) is 0 Å². The number of carbonyl (C=O) groups excluding carboxylic acids is 2. The first-order chi connectivity index (χ1) is 17.1. The molecule has 0 spiro atoms. The van der Waals surface area contributed by atoms with E-state index < -0.39 is 0 Å². The molecule has 1 aliphatic carbocycles. The second-order valence-corrected chi connectivity index (χ2v) is 9.38. The molecule has 3 aromatic carbocycles. The predicted octanol–water partition coefficient (Wildman–Crippen LogP) is 6.33. The van der Waals surface area contributed by atoms with E-state index in [1.807, 2.05) is 66.9 Å². The highest BCUT2D eigenvalue weighted by Gasteiger charge is 2.43. The first kappa shape index (κ1) is 23.7. The van der Waals surface area contributed by atoms with Crippen LogP contribution in [0.3, 0.4) is 0 Å². The van der Waals surface area contributed by atoms with Crippen LogP contribution in [0.25, 0.3) is 10.8 Å². The molecule has 0 saturated heterocycles. The molecule has 4 aromatic rings. The van der Waals surface area contributed by atoms with Crippen molar-refractivity contribution in [1.29, 1.82) is 0 Å². The molecule has 1 aliphatic heterocycles. The van der Waals surface area contributed by atoms with Gasteiger partial charge in [0, 0.05) is 42.1 Å². The summed E-state index contributed by atoms with van der Waals surface area (Å²) in [6, 6.07) is 21.7. The lowest BCUT2D eigenvalue weighted by Crippen LogP contribution is -2.06. The van der Waals surface area contributed by atoms with Crippen LogP contribution < -0.4 is 9.47 Å². The molecule has 5 nitrogen and oxygen atoms in total. The van der Waals surface area contributed by atoms with Crippen LogP contribution in [0.15, 0.2) is 79.1 Å². The average molecular weight is 480 g/mol. The molecule has 1 fully saturated rings. The van der Waals surface area contributed by atoms with Crippen LogP contribution in [-0.2, 0) is 17.6 Å². The molecule has 182 valence electrons. The molecule has 0 N–H and O–H groups in total. The zero-order valence-electron chi connectivity index (χ0n) is 19.3. The van der Waals surface area contributed by atoms with Gasteiger partial charge in [0.2, 0.25) is 6.79 Å². The topological polar surface area (TPSA) is 65.5 Å². The zero-order chi connectivity index (χ0) is 23.8. The molecule has 2 atom stereocenters. The number of ether oxygens (including phenoxy) is 2. The van der Waals surface area contributed by atoms with Crippen LogP contribution >= 0.6 is 0 Å². The number of fused-ring (bicyclic) bond motifs is 2. The lowest BCUT2D eigenvalue weighted by atomic mass is 9.98. The van der Waals surface area contributed by atoms with Crippen LogP contribution in [0.2, 0.25) is 0 Å². The van der Waals surface area contributed by atoms with Gasteiger partial charge in [0.05, 0.1) is 0 Å². The van der Waals surface area contributed by atoms with E-state index >= 15 is 0 Å². The zero-order valence-corrected chi connectivity index (χ0v) is 19.3. The standard InChI is InChI=1S/C30H25NO4.CH4/c32-27(9-2-19-3-10-29-30(15-19)35-18-34-29)22-7-5-21(6-8-22)25-16-26(25)28(33)14-20-1-4-24-17-31-12-11-23(24)13-20;/h1,3-8,10-13,15,17,25-26H,2,9,14,16,18H2;1H4/t25-,26+;/m0./s1. The van der Waals surface area contributed by atoms with Crippen molar-refractivity contribution in [2.75, 3.05) is 6.79 Å². The normalized spacial score (nSPS) is 17.4. The Bertz CT molecular complexity index is 1430. The first-order valence-electron chi connectivity index (χ1n) is 12.0. The molecule has 0 unspecified atom stereocenters. The van der Waals surface area contributed by atoms with E-state index in [4.69, 9.17) is 9.47 Å². The minimum atomic E-state index is 0. The summed E-state index contributed by atoms with van der Waals surface area (Å²) in [4.78, 5) is 29.7. The molecule has 36 heavy (non-hydrogen) atoms. The second kappa shape index (κ2) is 9.94. The summed E-state index contributed by atoms with van der Waals surface area (Å²) in [5.74, 6) is 2.21. The number of hydrogen-bond donors (Lipinski definition) is 0. The average Bonchev–Trinajstić information content (AvgIpc) is 3.57. The number of rotatable bonds is 8. The highest BCUT2D eigenvalue weighted by atomic mass is 16.7. The van der Waals surface area contributed by atoms with Gasteiger partial charge in [-0.15, -0.1) is 0 Å². The minimum absolute atomic E-state index is 0. The van der Waals surface area contributed by atoms with E-state index in [0.717, 1.165) is 45.4 Å². The minimum Gasteiger partial charge on any atom is -0.454 e. The fraction of sp³-hybridized carbons (Fsp3) is 0.258. The quantitative estimate of drug-likeness (QED) is 0.276. The monoisotopic (exact) mass is 479 g/mol. The maximum atomic E-state index is 12.9. The van der Waals surface area contributed by atoms with Crippen molar-refractivity contribution in [2.24, 2.45) is 5.92 Å². The summed E-state index contributed by atoms with van der Waals surface area (Å²) >= 11 is 0. The lowest BCUT2D eigenvalue weighted by molar-refractivity contribution is -0.119. The van der Waals surface area contributed by atoms with Gasteiger partial charge in [0.15, 0.2) is 17.3 Å². The SMILES string of the molecule is C.O=C(CCc1ccc2c(c1)OCO2)c1ccc([C@@H]2C[C@H]2C(=O)Cc2ccc3cnccc3c2)cc1. The summed E-state index contributed by atoms with van der Waals surface area (Å²) < 4.78 is 10.8. The predicted molar refractivity (Wildman–Crippen MR) is 140 cm³/mol. The van der Waals surface area contributed by atoms with E-state index in [1.165, 1.54) is 0 Å². The highest BCUT2D eigenvalue weighted by Crippen LogP contribution is 2.48. The van der Waals surface area contributed by atoms with E-state index in [0.29, 0.717) is 24.8 Å². The number of nitrogens with zero attached hydrogens (tertiary/aromatic N) is 1. The Morgan fingerprint density at radius 2 is 1.67 bits per heavy atom. The highest BCUT2D eigenvalue weighted by molar-refractivity contribution is 5.96. The molecule has 0 amide bonds. The summed E-state index contributed by atoms with van der Waals surface area (Å²) in [6.45, 7) is 0.249. The Balaban J connectivity index is 0.00000267. The van der Waals surface area contributed by atoms with Crippen molar-refractivity contribution in [2.45, 2.75) is 39.0 Å². The maximum absolute atomic E-state index is 12.9. The van der Waals surface area contributed by atoms with Crippen molar-refractivity contribution in [3.8, 4) is 11.5 Å². The van der Waals surface area contributed by atoms with Gasteiger partial charge in [-0.1, -0.05) is 56.0 Å². The third-order valence-corrected chi connectivity index (χ3v) is 7.03. The van der Waals surface area contributed by atoms with Crippen molar-refractivity contribution in [1.82, 2.24) is 4.98 Å². The van der Waals surface area contributed by atoms with Crippen molar-refractivity contribution >= 4 is 22.3 Å². The third-order valence-electron chi connectivity index (χ3n) is 7.03. The number of aryl methyl sites for hydroxylation is 1. The Morgan fingerprint density at radius 3 is 2.53 bits per heavy atom. The third kappa shape index (κ3) is 4.87. The molecule has 1 saturated carbocycles. The molecule has 6 rings (SSSR count). The first-order valence-corrected chi connectivity index (χ1v) is 12.0. The lowest BCUT2D eigenvalue weighted by Gasteiger charge is -2.06. The molecule has 0 radical (unpaired) electrons. The fourth-order valence-corrected chi connectivity index (χ4v) is 4.91. The van der Waals surface area contributed by atoms with E-state index in [2.05, 4.69) is 11.1 Å². The Hall–Kier alpha value is -3.99. The number of carbonyl (C=O) groups is 2.